The van der Waals surface area contributed by atoms with Crippen LogP contribution in [0.4, 0.5) is 10.1 Å². The van der Waals surface area contributed by atoms with E-state index in [1.54, 1.807) is 56.7 Å². The van der Waals surface area contributed by atoms with E-state index in [4.69, 9.17) is 9.47 Å². The molecule has 0 saturated heterocycles. The van der Waals surface area contributed by atoms with Gasteiger partial charge in [0.15, 0.2) is 0 Å². The van der Waals surface area contributed by atoms with Gasteiger partial charge in [-0.1, -0.05) is 12.1 Å². The summed E-state index contributed by atoms with van der Waals surface area (Å²) in [5.74, 6) is 1.16. The van der Waals surface area contributed by atoms with E-state index in [2.05, 4.69) is 4.99 Å². The van der Waals surface area contributed by atoms with Crippen molar-refractivity contribution in [2.75, 3.05) is 19.1 Å². The monoisotopic (exact) mass is 402 g/mol. The highest BCUT2D eigenvalue weighted by Crippen LogP contribution is 2.29. The number of benzene rings is 3. The van der Waals surface area contributed by atoms with Crippen molar-refractivity contribution in [2.24, 2.45) is 4.99 Å². The first-order valence-electron chi connectivity index (χ1n) is 9.28. The smallest absolute Gasteiger partial charge is 0.282 e. The number of carbonyl (C=O) groups excluding carboxylic acids is 1. The number of nitrogens with zero attached hydrogens (tertiary/aromatic N) is 2. The van der Waals surface area contributed by atoms with Crippen LogP contribution in [0.5, 0.6) is 11.5 Å². The van der Waals surface area contributed by atoms with Gasteiger partial charge < -0.3 is 9.47 Å². The maximum atomic E-state index is 13.4. The first-order valence-corrected chi connectivity index (χ1v) is 9.28. The molecular weight excluding hydrogens is 383 g/mol. The third kappa shape index (κ3) is 3.80. The first kappa shape index (κ1) is 19.4. The van der Waals surface area contributed by atoms with Gasteiger partial charge in [-0.3, -0.25) is 9.69 Å². The minimum Gasteiger partial charge on any atom is -0.497 e. The van der Waals surface area contributed by atoms with Gasteiger partial charge in [0, 0.05) is 5.56 Å². The summed E-state index contributed by atoms with van der Waals surface area (Å²) in [5, 5.41) is 0. The van der Waals surface area contributed by atoms with Crippen molar-refractivity contribution in [1.29, 1.82) is 0 Å². The summed E-state index contributed by atoms with van der Waals surface area (Å²) >= 11 is 0. The number of halogens is 1. The van der Waals surface area contributed by atoms with Crippen molar-refractivity contribution < 1.29 is 18.7 Å². The summed E-state index contributed by atoms with van der Waals surface area (Å²) in [6, 6.07) is 20.4. The molecule has 0 spiro atoms. The lowest BCUT2D eigenvalue weighted by atomic mass is 10.1. The van der Waals surface area contributed by atoms with Gasteiger partial charge in [-0.05, 0) is 72.3 Å². The summed E-state index contributed by atoms with van der Waals surface area (Å²) in [6.07, 6.45) is 1.71. The van der Waals surface area contributed by atoms with Gasteiger partial charge in [-0.25, -0.2) is 9.38 Å². The molecule has 1 heterocycles. The molecule has 1 aliphatic heterocycles. The summed E-state index contributed by atoms with van der Waals surface area (Å²) in [6.45, 7) is 0. The lowest BCUT2D eigenvalue weighted by Gasteiger charge is -2.19. The van der Waals surface area contributed by atoms with E-state index < -0.39 is 0 Å². The van der Waals surface area contributed by atoms with Crippen LogP contribution in [-0.2, 0) is 4.79 Å². The molecule has 30 heavy (non-hydrogen) atoms. The molecule has 1 aliphatic rings. The summed E-state index contributed by atoms with van der Waals surface area (Å²) in [5.41, 5.74) is 2.34. The molecule has 0 fully saturated rings. The van der Waals surface area contributed by atoms with Crippen LogP contribution in [0.3, 0.4) is 0 Å². The van der Waals surface area contributed by atoms with E-state index in [-0.39, 0.29) is 17.4 Å². The lowest BCUT2D eigenvalue weighted by molar-refractivity contribution is -0.113. The summed E-state index contributed by atoms with van der Waals surface area (Å²) < 4.78 is 23.9. The Morgan fingerprint density at radius 3 is 2.27 bits per heavy atom. The maximum Gasteiger partial charge on any atom is 0.282 e. The predicted molar refractivity (Wildman–Crippen MR) is 114 cm³/mol. The van der Waals surface area contributed by atoms with E-state index >= 15 is 0 Å². The van der Waals surface area contributed by atoms with E-state index in [0.717, 1.165) is 5.56 Å². The molecule has 0 bridgehead atoms. The van der Waals surface area contributed by atoms with Crippen molar-refractivity contribution in [3.05, 3.63) is 95.4 Å². The van der Waals surface area contributed by atoms with Crippen molar-refractivity contribution >= 4 is 23.5 Å². The van der Waals surface area contributed by atoms with Crippen LogP contribution in [0.25, 0.3) is 6.08 Å². The molecule has 3 aromatic rings. The van der Waals surface area contributed by atoms with Gasteiger partial charge in [0.25, 0.3) is 5.91 Å². The number of ether oxygens (including phenoxy) is 2. The molecule has 5 nitrogen and oxygen atoms in total. The van der Waals surface area contributed by atoms with Crippen molar-refractivity contribution in [3.8, 4) is 11.5 Å². The predicted octanol–water partition coefficient (Wildman–Crippen LogP) is 4.68. The fourth-order valence-corrected chi connectivity index (χ4v) is 3.17. The quantitative estimate of drug-likeness (QED) is 0.583. The Kier molecular flexibility index (Phi) is 5.30. The van der Waals surface area contributed by atoms with Crippen LogP contribution in [0.15, 0.2) is 83.5 Å². The molecule has 3 aromatic carbocycles. The summed E-state index contributed by atoms with van der Waals surface area (Å²) in [7, 11) is 3.17. The Morgan fingerprint density at radius 1 is 0.900 bits per heavy atom. The molecule has 0 aromatic heterocycles. The second kappa shape index (κ2) is 8.21. The second-order valence-corrected chi connectivity index (χ2v) is 6.59. The van der Waals surface area contributed by atoms with Crippen molar-refractivity contribution in [2.45, 2.75) is 0 Å². The number of rotatable bonds is 5. The zero-order chi connectivity index (χ0) is 21.1. The van der Waals surface area contributed by atoms with Gasteiger partial charge in [-0.15, -0.1) is 0 Å². The molecule has 0 N–H and O–H groups in total. The maximum absolute atomic E-state index is 13.4. The minimum atomic E-state index is -0.355. The van der Waals surface area contributed by atoms with E-state index in [1.807, 2.05) is 24.3 Å². The van der Waals surface area contributed by atoms with Gasteiger partial charge in [0.05, 0.1) is 19.9 Å². The normalized spacial score (nSPS) is 14.8. The van der Waals surface area contributed by atoms with Crippen LogP contribution in [0.1, 0.15) is 11.1 Å². The Morgan fingerprint density at radius 2 is 1.60 bits per heavy atom. The molecular formula is C24H19FN2O3. The van der Waals surface area contributed by atoms with Gasteiger partial charge >= 0.3 is 0 Å². The number of hydrogen-bond donors (Lipinski definition) is 0. The molecule has 0 unspecified atom stereocenters. The number of amides is 1. The molecule has 0 atom stereocenters. The van der Waals surface area contributed by atoms with Gasteiger partial charge in [-0.2, -0.15) is 0 Å². The third-order valence-corrected chi connectivity index (χ3v) is 4.69. The molecule has 0 radical (unpaired) electrons. The Hall–Kier alpha value is -3.93. The topological polar surface area (TPSA) is 51.1 Å². The Balaban J connectivity index is 1.79. The largest absolute Gasteiger partial charge is 0.497 e. The molecule has 4 rings (SSSR count). The highest BCUT2D eigenvalue weighted by atomic mass is 19.1. The number of aliphatic imine (C=N–C) groups is 1. The van der Waals surface area contributed by atoms with Crippen LogP contribution in [-0.4, -0.2) is 26.0 Å². The molecule has 0 saturated carbocycles. The SMILES string of the molecule is COc1ccc(N2C(=O)/C(=C\c3cccc(OC)c3)N=C2c2ccc(F)cc2)cc1. The van der Waals surface area contributed by atoms with Crippen LogP contribution < -0.4 is 14.4 Å². The van der Waals surface area contributed by atoms with E-state index in [1.165, 1.54) is 17.0 Å². The Labute approximate surface area is 173 Å². The zero-order valence-corrected chi connectivity index (χ0v) is 16.5. The number of carbonyl (C=O) groups is 1. The highest BCUT2D eigenvalue weighted by molar-refractivity contribution is 6.33. The average Bonchev–Trinajstić information content (AvgIpc) is 3.10. The number of anilines is 1. The van der Waals surface area contributed by atoms with Crippen molar-refractivity contribution in [1.82, 2.24) is 0 Å². The van der Waals surface area contributed by atoms with Gasteiger partial charge in [0.2, 0.25) is 0 Å². The molecule has 0 aliphatic carbocycles. The van der Waals surface area contributed by atoms with E-state index in [0.29, 0.717) is 28.6 Å². The first-order chi connectivity index (χ1) is 14.6. The molecule has 6 heteroatoms. The standard InChI is InChI=1S/C24H19FN2O3/c1-29-20-12-10-19(11-13-20)27-23(17-6-8-18(25)9-7-17)26-22(24(27)28)15-16-4-3-5-21(14-16)30-2/h3-15H,1-2H3/b22-15+. The van der Waals surface area contributed by atoms with Crippen molar-refractivity contribution in [3.63, 3.8) is 0 Å². The van der Waals surface area contributed by atoms with Crippen LogP contribution in [0, 0.1) is 5.82 Å². The molecule has 1 amide bonds. The average molecular weight is 402 g/mol. The third-order valence-electron chi connectivity index (χ3n) is 4.69. The molecule has 150 valence electrons. The zero-order valence-electron chi connectivity index (χ0n) is 16.5. The number of hydrogen-bond acceptors (Lipinski definition) is 4. The highest BCUT2D eigenvalue weighted by Gasteiger charge is 2.32. The Bertz CT molecular complexity index is 1140. The van der Waals surface area contributed by atoms with Crippen LogP contribution in [0.2, 0.25) is 0 Å². The fraction of sp³-hybridized carbons (Fsp3) is 0.0833. The van der Waals surface area contributed by atoms with E-state index in [9.17, 15) is 9.18 Å². The number of methoxy groups -OCH3 is 2. The second-order valence-electron chi connectivity index (χ2n) is 6.59. The number of amidine groups is 1. The van der Waals surface area contributed by atoms with Crippen LogP contribution >= 0.6 is 0 Å². The van der Waals surface area contributed by atoms with Gasteiger partial charge in [0.1, 0.15) is 28.8 Å². The minimum absolute atomic E-state index is 0.276. The summed E-state index contributed by atoms with van der Waals surface area (Å²) in [4.78, 5) is 19.4. The lowest BCUT2D eigenvalue weighted by Crippen LogP contribution is -2.32. The fourth-order valence-electron chi connectivity index (χ4n) is 3.17.